The first-order valence-corrected chi connectivity index (χ1v) is 6.80. The van der Waals surface area contributed by atoms with Gasteiger partial charge in [0.1, 0.15) is 5.82 Å². The van der Waals surface area contributed by atoms with Gasteiger partial charge in [-0.3, -0.25) is 4.98 Å². The Morgan fingerprint density at radius 1 is 1.17 bits per heavy atom. The number of aryl methyl sites for hydroxylation is 1. The molecule has 0 aliphatic heterocycles. The van der Waals surface area contributed by atoms with E-state index in [1.165, 1.54) is 0 Å². The van der Waals surface area contributed by atoms with E-state index < -0.39 is 0 Å². The van der Waals surface area contributed by atoms with E-state index in [0.717, 1.165) is 17.1 Å². The minimum atomic E-state index is -0.0530. The van der Waals surface area contributed by atoms with Gasteiger partial charge in [0.15, 0.2) is 0 Å². The van der Waals surface area contributed by atoms with Crippen molar-refractivity contribution in [3.8, 4) is 11.4 Å². The second-order valence-corrected chi connectivity index (χ2v) is 5.93. The Hall–Kier alpha value is -1.21. The molecule has 2 aromatic heterocycles. The van der Waals surface area contributed by atoms with Gasteiger partial charge in [-0.2, -0.15) is 0 Å². The zero-order valence-corrected chi connectivity index (χ0v) is 13.0. The SMILES string of the molecule is CC.Cn1ccnc1-c1cccnc1C(C)(C)P. The molecule has 2 heterocycles. The Bertz CT molecular complexity index is 498. The van der Waals surface area contributed by atoms with Crippen LogP contribution in [0.3, 0.4) is 0 Å². The monoisotopic (exact) mass is 263 g/mol. The first-order valence-electron chi connectivity index (χ1n) is 6.22. The second-order valence-electron chi connectivity index (χ2n) is 4.48. The zero-order chi connectivity index (χ0) is 13.8. The lowest BCUT2D eigenvalue weighted by atomic mass is 10.0. The molecule has 1 atom stereocenters. The lowest BCUT2D eigenvalue weighted by molar-refractivity contribution is 0.746. The number of rotatable bonds is 2. The van der Waals surface area contributed by atoms with Gasteiger partial charge < -0.3 is 4.57 Å². The molecular weight excluding hydrogens is 241 g/mol. The van der Waals surface area contributed by atoms with Crippen LogP contribution in [0.4, 0.5) is 0 Å². The van der Waals surface area contributed by atoms with E-state index in [0.29, 0.717) is 0 Å². The van der Waals surface area contributed by atoms with E-state index in [2.05, 4.69) is 39.1 Å². The smallest absolute Gasteiger partial charge is 0.141 e. The number of aromatic nitrogens is 3. The summed E-state index contributed by atoms with van der Waals surface area (Å²) in [4.78, 5) is 8.85. The molecule has 2 aromatic rings. The van der Waals surface area contributed by atoms with Crippen LogP contribution in [0.25, 0.3) is 11.4 Å². The zero-order valence-electron chi connectivity index (χ0n) is 11.8. The molecule has 0 N–H and O–H groups in total. The Balaban J connectivity index is 0.000000771. The standard InChI is InChI=1S/C12H16N3P.C2H6/c1-12(2,16)10-9(5-4-6-13-10)11-14-7-8-15(11)3;1-2/h4-8H,16H2,1-3H3;1-2H3. The summed E-state index contributed by atoms with van der Waals surface area (Å²) < 4.78 is 2.01. The van der Waals surface area contributed by atoms with Crippen molar-refractivity contribution < 1.29 is 0 Å². The molecule has 0 aliphatic rings. The van der Waals surface area contributed by atoms with Crippen molar-refractivity contribution in [3.63, 3.8) is 0 Å². The fraction of sp³-hybridized carbons (Fsp3) is 0.429. The normalized spacial score (nSPS) is 10.8. The lowest BCUT2D eigenvalue weighted by Gasteiger charge is -2.20. The summed E-state index contributed by atoms with van der Waals surface area (Å²) in [5.74, 6) is 0.957. The Morgan fingerprint density at radius 3 is 2.33 bits per heavy atom. The molecule has 0 amide bonds. The third-order valence-corrected chi connectivity index (χ3v) is 2.75. The summed E-state index contributed by atoms with van der Waals surface area (Å²) in [6.07, 6.45) is 5.58. The van der Waals surface area contributed by atoms with Crippen LogP contribution < -0.4 is 0 Å². The fourth-order valence-electron chi connectivity index (χ4n) is 1.72. The number of hydrogen-bond acceptors (Lipinski definition) is 2. The predicted molar refractivity (Wildman–Crippen MR) is 80.5 cm³/mol. The van der Waals surface area contributed by atoms with Gasteiger partial charge in [-0.05, 0) is 12.1 Å². The van der Waals surface area contributed by atoms with Crippen molar-refractivity contribution in [1.82, 2.24) is 14.5 Å². The van der Waals surface area contributed by atoms with Crippen LogP contribution >= 0.6 is 9.24 Å². The van der Waals surface area contributed by atoms with Gasteiger partial charge in [0.25, 0.3) is 0 Å². The van der Waals surface area contributed by atoms with Gasteiger partial charge >= 0.3 is 0 Å². The summed E-state index contributed by atoms with van der Waals surface area (Å²) in [5.41, 5.74) is 2.14. The molecule has 4 heteroatoms. The second kappa shape index (κ2) is 6.10. The molecular formula is C14H22N3P. The Kier molecular flexibility index (Phi) is 5.03. The highest BCUT2D eigenvalue weighted by molar-refractivity contribution is 7.18. The maximum atomic E-state index is 4.47. The molecule has 0 radical (unpaired) electrons. The van der Waals surface area contributed by atoms with Gasteiger partial charge in [-0.25, -0.2) is 4.98 Å². The quantitative estimate of drug-likeness (QED) is 0.775. The average Bonchev–Trinajstić information content (AvgIpc) is 2.77. The van der Waals surface area contributed by atoms with Crippen LogP contribution in [0.5, 0.6) is 0 Å². The average molecular weight is 263 g/mol. The van der Waals surface area contributed by atoms with E-state index >= 15 is 0 Å². The fourth-order valence-corrected chi connectivity index (χ4v) is 1.95. The number of nitrogens with zero attached hydrogens (tertiary/aromatic N) is 3. The summed E-state index contributed by atoms with van der Waals surface area (Å²) in [6, 6.07) is 4.01. The molecule has 0 saturated heterocycles. The van der Waals surface area contributed by atoms with Crippen molar-refractivity contribution in [3.05, 3.63) is 36.4 Å². The highest BCUT2D eigenvalue weighted by atomic mass is 31.0. The van der Waals surface area contributed by atoms with Crippen molar-refractivity contribution in [2.24, 2.45) is 7.05 Å². The molecule has 1 unspecified atom stereocenters. The minimum absolute atomic E-state index is 0.0530. The van der Waals surface area contributed by atoms with Crippen LogP contribution in [-0.4, -0.2) is 14.5 Å². The highest BCUT2D eigenvalue weighted by Crippen LogP contribution is 2.34. The maximum Gasteiger partial charge on any atom is 0.141 e. The van der Waals surface area contributed by atoms with Crippen LogP contribution in [0, 0.1) is 0 Å². The van der Waals surface area contributed by atoms with Gasteiger partial charge in [0, 0.05) is 36.4 Å². The molecule has 0 spiro atoms. The Morgan fingerprint density at radius 2 is 1.83 bits per heavy atom. The minimum Gasteiger partial charge on any atom is -0.334 e. The summed E-state index contributed by atoms with van der Waals surface area (Å²) in [5, 5.41) is -0.0530. The van der Waals surface area contributed by atoms with E-state index in [1.54, 1.807) is 0 Å². The third kappa shape index (κ3) is 3.17. The molecule has 0 aliphatic carbocycles. The summed E-state index contributed by atoms with van der Waals surface area (Å²) >= 11 is 0. The predicted octanol–water partition coefficient (Wildman–Crippen LogP) is 3.62. The van der Waals surface area contributed by atoms with Gasteiger partial charge in [-0.1, -0.05) is 27.7 Å². The van der Waals surface area contributed by atoms with Gasteiger partial charge in [-0.15, -0.1) is 9.24 Å². The molecule has 2 rings (SSSR count). The first-order chi connectivity index (χ1) is 8.50. The molecule has 0 bridgehead atoms. The van der Waals surface area contributed by atoms with Crippen LogP contribution in [-0.2, 0) is 12.2 Å². The number of imidazole rings is 1. The van der Waals surface area contributed by atoms with Gasteiger partial charge in [0.2, 0.25) is 0 Å². The summed E-state index contributed by atoms with van der Waals surface area (Å²) in [7, 11) is 4.82. The number of hydrogen-bond donors (Lipinski definition) is 0. The molecule has 3 nitrogen and oxygen atoms in total. The molecule has 18 heavy (non-hydrogen) atoms. The Labute approximate surface area is 112 Å². The molecule has 98 valence electrons. The third-order valence-electron chi connectivity index (χ3n) is 2.48. The van der Waals surface area contributed by atoms with E-state index in [9.17, 15) is 0 Å². The topological polar surface area (TPSA) is 30.7 Å². The van der Waals surface area contributed by atoms with Crippen molar-refractivity contribution in [2.45, 2.75) is 32.9 Å². The summed E-state index contributed by atoms with van der Waals surface area (Å²) in [6.45, 7) is 8.26. The van der Waals surface area contributed by atoms with Gasteiger partial charge in [0.05, 0.1) is 5.69 Å². The molecule has 0 saturated carbocycles. The van der Waals surface area contributed by atoms with E-state index in [-0.39, 0.29) is 5.16 Å². The van der Waals surface area contributed by atoms with E-state index in [1.807, 2.05) is 50.1 Å². The van der Waals surface area contributed by atoms with Crippen molar-refractivity contribution in [1.29, 1.82) is 0 Å². The number of pyridine rings is 1. The van der Waals surface area contributed by atoms with Crippen LogP contribution in [0.15, 0.2) is 30.7 Å². The van der Waals surface area contributed by atoms with Crippen molar-refractivity contribution in [2.75, 3.05) is 0 Å². The van der Waals surface area contributed by atoms with E-state index in [4.69, 9.17) is 0 Å². The largest absolute Gasteiger partial charge is 0.334 e. The lowest BCUT2D eigenvalue weighted by Crippen LogP contribution is -2.12. The highest BCUT2D eigenvalue weighted by Gasteiger charge is 2.21. The maximum absolute atomic E-state index is 4.47. The first kappa shape index (κ1) is 14.8. The molecule has 0 fully saturated rings. The molecule has 0 aromatic carbocycles. The van der Waals surface area contributed by atoms with Crippen LogP contribution in [0.2, 0.25) is 0 Å². The van der Waals surface area contributed by atoms with Crippen molar-refractivity contribution >= 4 is 9.24 Å². The van der Waals surface area contributed by atoms with Crippen LogP contribution in [0.1, 0.15) is 33.4 Å².